The summed E-state index contributed by atoms with van der Waals surface area (Å²) >= 11 is 3.08. The Bertz CT molecular complexity index is 645. The van der Waals surface area contributed by atoms with E-state index in [-0.39, 0.29) is 29.7 Å². The van der Waals surface area contributed by atoms with Gasteiger partial charge in [-0.25, -0.2) is 9.37 Å². The van der Waals surface area contributed by atoms with Gasteiger partial charge in [-0.1, -0.05) is 15.9 Å². The Morgan fingerprint density at radius 3 is 2.55 bits per heavy atom. The van der Waals surface area contributed by atoms with Crippen LogP contribution in [-0.4, -0.2) is 23.2 Å². The van der Waals surface area contributed by atoms with E-state index in [4.69, 9.17) is 5.11 Å². The largest absolute Gasteiger partial charge is 0.433 e. The lowest BCUT2D eigenvalue weighted by molar-refractivity contribution is -0.140. The molecular formula is C12H9BrF4N2O. The van der Waals surface area contributed by atoms with E-state index in [1.807, 2.05) is 0 Å². The molecule has 3 nitrogen and oxygen atoms in total. The van der Waals surface area contributed by atoms with Crippen LogP contribution in [0.25, 0.3) is 10.9 Å². The number of aliphatic hydroxyl groups is 1. The number of nitrogens with one attached hydrogen (secondary N) is 1. The summed E-state index contributed by atoms with van der Waals surface area (Å²) in [6, 6.07) is 3.31. The number of nitrogens with zero attached hydrogens (tertiary/aromatic N) is 1. The van der Waals surface area contributed by atoms with Gasteiger partial charge in [0.25, 0.3) is 0 Å². The number of fused-ring (bicyclic) bond motifs is 1. The molecule has 1 heterocycles. The molecule has 0 atom stereocenters. The Morgan fingerprint density at radius 1 is 1.25 bits per heavy atom. The molecule has 1 aromatic heterocycles. The SMILES string of the molecule is OCCNc1cc(C(F)(F)F)nc2c(F)cc(Br)cc12. The standard InChI is InChI=1S/C12H9BrF4N2O/c13-6-3-7-9(18-1-2-20)5-10(12(15,16)17)19-11(7)8(14)4-6/h3-5,20H,1-2H2,(H,18,19). The normalized spacial score (nSPS) is 11.9. The zero-order chi connectivity index (χ0) is 14.9. The monoisotopic (exact) mass is 352 g/mol. The number of rotatable bonds is 3. The van der Waals surface area contributed by atoms with Crippen LogP contribution >= 0.6 is 15.9 Å². The van der Waals surface area contributed by atoms with Crippen molar-refractivity contribution in [2.75, 3.05) is 18.5 Å². The van der Waals surface area contributed by atoms with Gasteiger partial charge in [0.15, 0.2) is 5.82 Å². The van der Waals surface area contributed by atoms with Crippen LogP contribution in [0.2, 0.25) is 0 Å². The molecule has 0 unspecified atom stereocenters. The molecule has 108 valence electrons. The van der Waals surface area contributed by atoms with E-state index in [1.165, 1.54) is 6.07 Å². The molecule has 0 aliphatic rings. The van der Waals surface area contributed by atoms with Gasteiger partial charge in [-0.3, -0.25) is 0 Å². The van der Waals surface area contributed by atoms with Gasteiger partial charge in [0.05, 0.1) is 6.61 Å². The fourth-order valence-electron chi connectivity index (χ4n) is 1.73. The maximum absolute atomic E-state index is 13.8. The summed E-state index contributed by atoms with van der Waals surface area (Å²) < 4.78 is 52.4. The van der Waals surface area contributed by atoms with Crippen molar-refractivity contribution < 1.29 is 22.7 Å². The predicted octanol–water partition coefficient (Wildman–Crippen LogP) is 3.56. The van der Waals surface area contributed by atoms with Crippen LogP contribution in [0.15, 0.2) is 22.7 Å². The Hall–Kier alpha value is -1.41. The molecule has 0 spiro atoms. The molecule has 2 rings (SSSR count). The average Bonchev–Trinajstić information content (AvgIpc) is 2.34. The lowest BCUT2D eigenvalue weighted by Crippen LogP contribution is -2.12. The first kappa shape index (κ1) is 15.0. The molecule has 2 N–H and O–H groups in total. The summed E-state index contributed by atoms with van der Waals surface area (Å²) in [5.41, 5.74) is -1.49. The van der Waals surface area contributed by atoms with Crippen molar-refractivity contribution in [2.45, 2.75) is 6.18 Å². The molecule has 0 fully saturated rings. The van der Waals surface area contributed by atoms with Gasteiger partial charge < -0.3 is 10.4 Å². The maximum Gasteiger partial charge on any atom is 0.433 e. The third-order valence-corrected chi connectivity index (χ3v) is 3.01. The van der Waals surface area contributed by atoms with Crippen LogP contribution in [0.5, 0.6) is 0 Å². The van der Waals surface area contributed by atoms with Gasteiger partial charge >= 0.3 is 6.18 Å². The van der Waals surface area contributed by atoms with Crippen molar-refractivity contribution in [1.29, 1.82) is 0 Å². The van der Waals surface area contributed by atoms with Crippen molar-refractivity contribution in [3.63, 3.8) is 0 Å². The van der Waals surface area contributed by atoms with Gasteiger partial charge in [0, 0.05) is 22.1 Å². The minimum Gasteiger partial charge on any atom is -0.395 e. The molecule has 0 saturated carbocycles. The number of aliphatic hydroxyl groups excluding tert-OH is 1. The smallest absolute Gasteiger partial charge is 0.395 e. The van der Waals surface area contributed by atoms with Crippen LogP contribution in [0.4, 0.5) is 23.2 Å². The highest BCUT2D eigenvalue weighted by molar-refractivity contribution is 9.10. The highest BCUT2D eigenvalue weighted by atomic mass is 79.9. The quantitative estimate of drug-likeness (QED) is 0.830. The van der Waals surface area contributed by atoms with Crippen LogP contribution in [0.3, 0.4) is 0 Å². The van der Waals surface area contributed by atoms with Gasteiger partial charge in [-0.15, -0.1) is 0 Å². The molecule has 0 amide bonds. The fraction of sp³-hybridized carbons (Fsp3) is 0.250. The minimum atomic E-state index is -4.68. The van der Waals surface area contributed by atoms with E-state index in [1.54, 1.807) is 0 Å². The molecule has 0 aliphatic carbocycles. The molecule has 2 aromatic rings. The summed E-state index contributed by atoms with van der Waals surface area (Å²) in [5.74, 6) is -0.854. The van der Waals surface area contributed by atoms with E-state index in [2.05, 4.69) is 26.2 Å². The van der Waals surface area contributed by atoms with E-state index in [0.29, 0.717) is 4.47 Å². The first-order chi connectivity index (χ1) is 9.32. The number of benzene rings is 1. The van der Waals surface area contributed by atoms with E-state index >= 15 is 0 Å². The van der Waals surface area contributed by atoms with Crippen molar-refractivity contribution in [3.05, 3.63) is 34.2 Å². The van der Waals surface area contributed by atoms with Crippen LogP contribution in [0, 0.1) is 5.82 Å². The van der Waals surface area contributed by atoms with Gasteiger partial charge in [-0.05, 0) is 18.2 Å². The first-order valence-electron chi connectivity index (χ1n) is 5.54. The van der Waals surface area contributed by atoms with E-state index < -0.39 is 17.7 Å². The van der Waals surface area contributed by atoms with Gasteiger partial charge in [0.1, 0.15) is 11.2 Å². The Kier molecular flexibility index (Phi) is 4.14. The second-order valence-corrected chi connectivity index (χ2v) is 4.90. The van der Waals surface area contributed by atoms with Crippen molar-refractivity contribution in [2.24, 2.45) is 0 Å². The summed E-state index contributed by atoms with van der Waals surface area (Å²) in [6.07, 6.45) is -4.68. The number of pyridine rings is 1. The highest BCUT2D eigenvalue weighted by Crippen LogP contribution is 2.35. The number of anilines is 1. The lowest BCUT2D eigenvalue weighted by Gasteiger charge is -2.13. The van der Waals surface area contributed by atoms with E-state index in [0.717, 1.165) is 12.1 Å². The zero-order valence-corrected chi connectivity index (χ0v) is 11.5. The topological polar surface area (TPSA) is 45.1 Å². The summed E-state index contributed by atoms with van der Waals surface area (Å²) in [4.78, 5) is 3.33. The van der Waals surface area contributed by atoms with Crippen molar-refractivity contribution in [3.8, 4) is 0 Å². The molecule has 8 heteroatoms. The first-order valence-corrected chi connectivity index (χ1v) is 6.34. The summed E-state index contributed by atoms with van der Waals surface area (Å²) in [5, 5.41) is 11.6. The average molecular weight is 353 g/mol. The highest BCUT2D eigenvalue weighted by Gasteiger charge is 2.33. The molecular weight excluding hydrogens is 344 g/mol. The summed E-state index contributed by atoms with van der Waals surface area (Å²) in [7, 11) is 0. The Morgan fingerprint density at radius 2 is 1.95 bits per heavy atom. The second-order valence-electron chi connectivity index (χ2n) is 3.99. The third-order valence-electron chi connectivity index (χ3n) is 2.55. The molecule has 0 aliphatic heterocycles. The molecule has 1 aromatic carbocycles. The lowest BCUT2D eigenvalue weighted by atomic mass is 10.1. The fourth-order valence-corrected chi connectivity index (χ4v) is 2.16. The van der Waals surface area contributed by atoms with Gasteiger partial charge in [-0.2, -0.15) is 13.2 Å². The van der Waals surface area contributed by atoms with E-state index in [9.17, 15) is 17.6 Å². The Labute approximate surface area is 119 Å². The Balaban J connectivity index is 2.71. The predicted molar refractivity (Wildman–Crippen MR) is 70.0 cm³/mol. The summed E-state index contributed by atoms with van der Waals surface area (Å²) in [6.45, 7) is -0.216. The number of hydrogen-bond donors (Lipinski definition) is 2. The van der Waals surface area contributed by atoms with Gasteiger partial charge in [0.2, 0.25) is 0 Å². The molecule has 0 bridgehead atoms. The van der Waals surface area contributed by atoms with Crippen LogP contribution in [0.1, 0.15) is 5.69 Å². The van der Waals surface area contributed by atoms with Crippen molar-refractivity contribution >= 4 is 32.5 Å². The number of halogens is 5. The van der Waals surface area contributed by atoms with Crippen LogP contribution in [-0.2, 0) is 6.18 Å². The third kappa shape index (κ3) is 3.01. The maximum atomic E-state index is 13.8. The second kappa shape index (κ2) is 5.53. The van der Waals surface area contributed by atoms with Crippen molar-refractivity contribution in [1.82, 2.24) is 4.98 Å². The minimum absolute atomic E-state index is 0.0462. The zero-order valence-electron chi connectivity index (χ0n) is 9.93. The molecule has 20 heavy (non-hydrogen) atoms. The number of hydrogen-bond acceptors (Lipinski definition) is 3. The molecule has 0 radical (unpaired) electrons. The molecule has 0 saturated heterocycles. The van der Waals surface area contributed by atoms with Crippen LogP contribution < -0.4 is 5.32 Å². The number of aromatic nitrogens is 1. The number of alkyl halides is 3.